The Labute approximate surface area is 163 Å². The van der Waals surface area contributed by atoms with Gasteiger partial charge in [0, 0.05) is 0 Å². The molecule has 0 aliphatic carbocycles. The van der Waals surface area contributed by atoms with E-state index in [1.807, 2.05) is 20.8 Å². The van der Waals surface area contributed by atoms with E-state index in [0.717, 1.165) is 16.9 Å². The number of aryl methyl sites for hydroxylation is 1. The summed E-state index contributed by atoms with van der Waals surface area (Å²) < 4.78 is 5.73. The van der Waals surface area contributed by atoms with Gasteiger partial charge in [0.25, 0.3) is 11.8 Å². The normalized spacial score (nSPS) is 16.9. The first kappa shape index (κ1) is 19.4. The molecule has 4 amide bonds. The van der Waals surface area contributed by atoms with E-state index in [2.05, 4.69) is 5.32 Å². The number of rotatable bonds is 5. The van der Waals surface area contributed by atoms with E-state index in [-0.39, 0.29) is 11.7 Å². The Morgan fingerprint density at radius 2 is 1.68 bits per heavy atom. The lowest BCUT2D eigenvalue weighted by Crippen LogP contribution is -2.54. The summed E-state index contributed by atoms with van der Waals surface area (Å²) in [6.45, 7) is 5.93. The van der Waals surface area contributed by atoms with Crippen molar-refractivity contribution in [2.75, 3.05) is 4.90 Å². The predicted molar refractivity (Wildman–Crippen MR) is 107 cm³/mol. The third-order valence-electron chi connectivity index (χ3n) is 4.50. The van der Waals surface area contributed by atoms with Gasteiger partial charge < -0.3 is 4.74 Å². The molecule has 0 aromatic heterocycles. The number of benzene rings is 2. The fourth-order valence-electron chi connectivity index (χ4n) is 2.71. The van der Waals surface area contributed by atoms with E-state index in [1.54, 1.807) is 48.5 Å². The minimum atomic E-state index is -0.756. The molecule has 6 heteroatoms. The zero-order chi connectivity index (χ0) is 20.3. The first-order valence-corrected chi connectivity index (χ1v) is 9.14. The molecule has 0 radical (unpaired) electrons. The third-order valence-corrected chi connectivity index (χ3v) is 4.50. The van der Waals surface area contributed by atoms with Crippen LogP contribution in [0.2, 0.25) is 0 Å². The van der Waals surface area contributed by atoms with Crippen molar-refractivity contribution in [3.8, 4) is 5.75 Å². The number of nitrogens with one attached hydrogen (secondary N) is 1. The molecule has 0 spiro atoms. The molecule has 1 atom stereocenters. The second kappa shape index (κ2) is 8.08. The number of ether oxygens (including phenoxy) is 1. The maximum atomic E-state index is 12.8. The topological polar surface area (TPSA) is 75.7 Å². The molecule has 1 aliphatic heterocycles. The van der Waals surface area contributed by atoms with Gasteiger partial charge in [0.05, 0.1) is 11.8 Å². The van der Waals surface area contributed by atoms with Crippen LogP contribution >= 0.6 is 0 Å². The maximum Gasteiger partial charge on any atom is 0.335 e. The summed E-state index contributed by atoms with van der Waals surface area (Å²) in [5, 5.41) is 2.22. The Kier molecular flexibility index (Phi) is 5.59. The number of barbiturate groups is 1. The minimum absolute atomic E-state index is 0.101. The van der Waals surface area contributed by atoms with Gasteiger partial charge in [-0.2, -0.15) is 0 Å². The largest absolute Gasteiger partial charge is 0.491 e. The molecule has 144 valence electrons. The maximum absolute atomic E-state index is 12.8. The molecular formula is C22H22N2O4. The molecule has 3 rings (SSSR count). The first-order valence-electron chi connectivity index (χ1n) is 9.14. The Hall–Kier alpha value is -3.41. The zero-order valence-corrected chi connectivity index (χ0v) is 16.1. The Morgan fingerprint density at radius 1 is 1.04 bits per heavy atom. The third kappa shape index (κ3) is 4.11. The van der Waals surface area contributed by atoms with Crippen LogP contribution in [0.5, 0.6) is 5.75 Å². The van der Waals surface area contributed by atoms with Crippen molar-refractivity contribution in [3.05, 3.63) is 65.2 Å². The van der Waals surface area contributed by atoms with E-state index in [9.17, 15) is 14.4 Å². The van der Waals surface area contributed by atoms with Gasteiger partial charge in [-0.3, -0.25) is 14.9 Å². The zero-order valence-electron chi connectivity index (χ0n) is 16.1. The van der Waals surface area contributed by atoms with Gasteiger partial charge in [0.1, 0.15) is 11.3 Å². The SMILES string of the molecule is CC[C@@H](C)Oc1ccc(/C=C2\C(=O)NC(=O)N(c3ccc(C)cc3)C2=O)cc1. The molecule has 1 saturated heterocycles. The van der Waals surface area contributed by atoms with Crippen LogP contribution in [0, 0.1) is 6.92 Å². The lowest BCUT2D eigenvalue weighted by molar-refractivity contribution is -0.122. The van der Waals surface area contributed by atoms with Crippen LogP contribution in [-0.4, -0.2) is 23.9 Å². The Bertz CT molecular complexity index is 930. The van der Waals surface area contributed by atoms with Crippen LogP contribution in [0.4, 0.5) is 10.5 Å². The van der Waals surface area contributed by atoms with Crippen molar-refractivity contribution < 1.29 is 19.1 Å². The molecule has 1 aliphatic rings. The number of urea groups is 1. The molecule has 2 aromatic carbocycles. The number of carbonyl (C=O) groups excluding carboxylic acids is 3. The number of carbonyl (C=O) groups is 3. The smallest absolute Gasteiger partial charge is 0.335 e. The number of amides is 4. The van der Waals surface area contributed by atoms with Crippen LogP contribution in [0.25, 0.3) is 6.08 Å². The quantitative estimate of drug-likeness (QED) is 0.634. The van der Waals surface area contributed by atoms with Gasteiger partial charge in [-0.15, -0.1) is 0 Å². The number of hydrogen-bond donors (Lipinski definition) is 1. The summed E-state index contributed by atoms with van der Waals surface area (Å²) in [4.78, 5) is 38.2. The molecule has 2 aromatic rings. The molecule has 0 bridgehead atoms. The van der Waals surface area contributed by atoms with Crippen molar-refractivity contribution in [2.45, 2.75) is 33.3 Å². The summed E-state index contributed by atoms with van der Waals surface area (Å²) in [6.07, 6.45) is 2.46. The summed E-state index contributed by atoms with van der Waals surface area (Å²) in [7, 11) is 0. The molecule has 6 nitrogen and oxygen atoms in total. The molecule has 1 fully saturated rings. The van der Waals surface area contributed by atoms with E-state index >= 15 is 0 Å². The highest BCUT2D eigenvalue weighted by Crippen LogP contribution is 2.23. The molecule has 1 heterocycles. The second-order valence-electron chi connectivity index (χ2n) is 6.70. The molecule has 28 heavy (non-hydrogen) atoms. The number of anilines is 1. The van der Waals surface area contributed by atoms with Gasteiger partial charge in [0.15, 0.2) is 0 Å². The molecular weight excluding hydrogens is 356 g/mol. The summed E-state index contributed by atoms with van der Waals surface area (Å²) in [5.41, 5.74) is 1.97. The van der Waals surface area contributed by atoms with Gasteiger partial charge in [-0.05, 0) is 56.2 Å². The van der Waals surface area contributed by atoms with Gasteiger partial charge >= 0.3 is 6.03 Å². The average Bonchev–Trinajstić information content (AvgIpc) is 2.67. The van der Waals surface area contributed by atoms with E-state index in [1.165, 1.54) is 6.08 Å². The lowest BCUT2D eigenvalue weighted by atomic mass is 10.1. The van der Waals surface area contributed by atoms with E-state index in [0.29, 0.717) is 17.0 Å². The molecule has 1 N–H and O–H groups in total. The summed E-state index contributed by atoms with van der Waals surface area (Å²) >= 11 is 0. The predicted octanol–water partition coefficient (Wildman–Crippen LogP) is 3.84. The summed E-state index contributed by atoms with van der Waals surface area (Å²) in [6, 6.07) is 13.3. The second-order valence-corrected chi connectivity index (χ2v) is 6.70. The molecule has 0 unspecified atom stereocenters. The Morgan fingerprint density at radius 3 is 2.29 bits per heavy atom. The fraction of sp³-hybridized carbons (Fsp3) is 0.227. The first-order chi connectivity index (χ1) is 13.4. The van der Waals surface area contributed by atoms with Crippen LogP contribution in [0.3, 0.4) is 0 Å². The minimum Gasteiger partial charge on any atom is -0.491 e. The number of nitrogens with zero attached hydrogens (tertiary/aromatic N) is 1. The highest BCUT2D eigenvalue weighted by atomic mass is 16.5. The van der Waals surface area contributed by atoms with Crippen LogP contribution < -0.4 is 15.0 Å². The van der Waals surface area contributed by atoms with Crippen molar-refractivity contribution in [1.82, 2.24) is 5.32 Å². The number of hydrogen-bond acceptors (Lipinski definition) is 4. The fourth-order valence-corrected chi connectivity index (χ4v) is 2.71. The standard InChI is InChI=1S/C22H22N2O4/c1-4-15(3)28-18-11-7-16(8-12-18)13-19-20(25)23-22(27)24(21(19)26)17-9-5-14(2)6-10-17/h5-13,15H,4H2,1-3H3,(H,23,25,27)/b19-13+/t15-/m1/s1. The van der Waals surface area contributed by atoms with Crippen LogP contribution in [0.15, 0.2) is 54.1 Å². The Balaban J connectivity index is 1.87. The van der Waals surface area contributed by atoms with Crippen LogP contribution in [0.1, 0.15) is 31.4 Å². The van der Waals surface area contributed by atoms with Gasteiger partial charge in [-0.25, -0.2) is 9.69 Å². The average molecular weight is 378 g/mol. The molecule has 0 saturated carbocycles. The van der Waals surface area contributed by atoms with Gasteiger partial charge in [0.2, 0.25) is 0 Å². The van der Waals surface area contributed by atoms with E-state index < -0.39 is 17.8 Å². The van der Waals surface area contributed by atoms with Gasteiger partial charge in [-0.1, -0.05) is 36.8 Å². The monoisotopic (exact) mass is 378 g/mol. The van der Waals surface area contributed by atoms with Crippen LogP contribution in [-0.2, 0) is 9.59 Å². The highest BCUT2D eigenvalue weighted by Gasteiger charge is 2.36. The van der Waals surface area contributed by atoms with Crippen molar-refractivity contribution in [2.24, 2.45) is 0 Å². The number of imide groups is 2. The van der Waals surface area contributed by atoms with Crippen molar-refractivity contribution in [1.29, 1.82) is 0 Å². The lowest BCUT2D eigenvalue weighted by Gasteiger charge is -2.26. The van der Waals surface area contributed by atoms with Crippen molar-refractivity contribution in [3.63, 3.8) is 0 Å². The van der Waals surface area contributed by atoms with E-state index in [4.69, 9.17) is 4.74 Å². The van der Waals surface area contributed by atoms with Crippen molar-refractivity contribution >= 4 is 29.6 Å². The highest BCUT2D eigenvalue weighted by molar-refractivity contribution is 6.39. The summed E-state index contributed by atoms with van der Waals surface area (Å²) in [5.74, 6) is -0.650.